The predicted molar refractivity (Wildman–Crippen MR) is 72.5 cm³/mol. The van der Waals surface area contributed by atoms with Crippen LogP contribution in [0.5, 0.6) is 0 Å². The summed E-state index contributed by atoms with van der Waals surface area (Å²) >= 11 is 0. The summed E-state index contributed by atoms with van der Waals surface area (Å²) in [5.41, 5.74) is 0. The van der Waals surface area contributed by atoms with Crippen LogP contribution in [0, 0.1) is 5.92 Å². The van der Waals surface area contributed by atoms with Crippen LogP contribution in [0.3, 0.4) is 0 Å². The van der Waals surface area contributed by atoms with Crippen molar-refractivity contribution in [3.05, 3.63) is 0 Å². The average Bonchev–Trinajstić information content (AvgIpc) is 2.88. The Morgan fingerprint density at radius 1 is 1.39 bits per heavy atom. The minimum atomic E-state index is -0.00158. The lowest BCUT2D eigenvalue weighted by Crippen LogP contribution is -2.18. The van der Waals surface area contributed by atoms with Gasteiger partial charge in [-0.3, -0.25) is 4.79 Å². The third-order valence-corrected chi connectivity index (χ3v) is 3.67. The lowest BCUT2D eigenvalue weighted by molar-refractivity contribution is -0.149. The summed E-state index contributed by atoms with van der Waals surface area (Å²) in [5.74, 6) is 0.103. The highest BCUT2D eigenvalue weighted by Gasteiger charge is 2.18. The smallest absolute Gasteiger partial charge is 0.308 e. The van der Waals surface area contributed by atoms with E-state index in [-0.39, 0.29) is 11.9 Å². The first-order valence-electron chi connectivity index (χ1n) is 7.56. The molecule has 1 rings (SSSR count). The number of carbonyl (C=O) groups is 1. The van der Waals surface area contributed by atoms with Crippen LogP contribution >= 0.6 is 0 Å². The van der Waals surface area contributed by atoms with E-state index in [0.717, 1.165) is 45.1 Å². The fraction of sp³-hybridized carbons (Fsp3) is 0.933. The molecule has 0 aromatic rings. The van der Waals surface area contributed by atoms with Crippen LogP contribution in [0.25, 0.3) is 0 Å². The Labute approximate surface area is 111 Å². The number of carbonyl (C=O) groups excluding carboxylic acids is 1. The first-order valence-corrected chi connectivity index (χ1v) is 7.56. The maximum atomic E-state index is 11.8. The monoisotopic (exact) mass is 256 g/mol. The van der Waals surface area contributed by atoms with E-state index in [2.05, 4.69) is 13.8 Å². The first-order chi connectivity index (χ1) is 8.77. The van der Waals surface area contributed by atoms with Crippen molar-refractivity contribution in [2.45, 2.75) is 71.3 Å². The summed E-state index contributed by atoms with van der Waals surface area (Å²) in [6.45, 7) is 5.67. The zero-order valence-electron chi connectivity index (χ0n) is 12.0. The topological polar surface area (TPSA) is 35.5 Å². The maximum Gasteiger partial charge on any atom is 0.308 e. The molecule has 0 spiro atoms. The molecule has 18 heavy (non-hydrogen) atoms. The normalized spacial score (nSPS) is 20.9. The Kier molecular flexibility index (Phi) is 8.06. The Hall–Kier alpha value is -0.570. The van der Waals surface area contributed by atoms with Crippen LogP contribution in [0.15, 0.2) is 0 Å². The molecule has 0 aromatic heterocycles. The molecule has 0 saturated carbocycles. The second-order valence-electron chi connectivity index (χ2n) is 5.19. The van der Waals surface area contributed by atoms with Crippen LogP contribution in [0.4, 0.5) is 0 Å². The Bertz CT molecular complexity index is 222. The van der Waals surface area contributed by atoms with Gasteiger partial charge in [0.2, 0.25) is 0 Å². The van der Waals surface area contributed by atoms with Gasteiger partial charge in [0, 0.05) is 6.61 Å². The SMILES string of the molecule is CCCCC(CC)C(=O)OCCCC1CCCO1. The van der Waals surface area contributed by atoms with Crippen molar-refractivity contribution in [2.75, 3.05) is 13.2 Å². The Morgan fingerprint density at radius 2 is 2.22 bits per heavy atom. The van der Waals surface area contributed by atoms with Gasteiger partial charge < -0.3 is 9.47 Å². The molecule has 3 heteroatoms. The largest absolute Gasteiger partial charge is 0.465 e. The molecule has 106 valence electrons. The number of hydrogen-bond acceptors (Lipinski definition) is 3. The molecule has 0 N–H and O–H groups in total. The summed E-state index contributed by atoms with van der Waals surface area (Å²) in [6, 6.07) is 0. The van der Waals surface area contributed by atoms with Crippen LogP contribution in [0.2, 0.25) is 0 Å². The second-order valence-corrected chi connectivity index (χ2v) is 5.19. The van der Waals surface area contributed by atoms with E-state index in [1.807, 2.05) is 0 Å². The van der Waals surface area contributed by atoms with E-state index in [1.165, 1.54) is 12.8 Å². The fourth-order valence-corrected chi connectivity index (χ4v) is 2.41. The molecule has 1 heterocycles. The van der Waals surface area contributed by atoms with Crippen molar-refractivity contribution >= 4 is 5.97 Å². The zero-order chi connectivity index (χ0) is 13.2. The van der Waals surface area contributed by atoms with Gasteiger partial charge in [0.05, 0.1) is 18.6 Å². The van der Waals surface area contributed by atoms with Gasteiger partial charge in [-0.05, 0) is 38.5 Å². The van der Waals surface area contributed by atoms with Crippen molar-refractivity contribution in [3.63, 3.8) is 0 Å². The van der Waals surface area contributed by atoms with Crippen molar-refractivity contribution in [2.24, 2.45) is 5.92 Å². The molecule has 0 aromatic carbocycles. The quantitative estimate of drug-likeness (QED) is 0.466. The number of ether oxygens (including phenoxy) is 2. The zero-order valence-corrected chi connectivity index (χ0v) is 12.0. The van der Waals surface area contributed by atoms with E-state index in [4.69, 9.17) is 9.47 Å². The number of esters is 1. The van der Waals surface area contributed by atoms with Gasteiger partial charge in [-0.2, -0.15) is 0 Å². The van der Waals surface area contributed by atoms with Crippen molar-refractivity contribution in [1.29, 1.82) is 0 Å². The second kappa shape index (κ2) is 9.37. The molecule has 0 amide bonds. The van der Waals surface area contributed by atoms with E-state index in [9.17, 15) is 4.79 Å². The molecule has 1 aliphatic heterocycles. The highest BCUT2D eigenvalue weighted by Crippen LogP contribution is 2.18. The van der Waals surface area contributed by atoms with Crippen molar-refractivity contribution in [1.82, 2.24) is 0 Å². The minimum absolute atomic E-state index is 0.00158. The molecule has 3 nitrogen and oxygen atoms in total. The molecule has 0 radical (unpaired) electrons. The summed E-state index contributed by atoms with van der Waals surface area (Å²) in [7, 11) is 0. The molecule has 0 bridgehead atoms. The first kappa shape index (κ1) is 15.5. The molecule has 2 unspecified atom stereocenters. The van der Waals surface area contributed by atoms with Crippen molar-refractivity contribution in [3.8, 4) is 0 Å². The highest BCUT2D eigenvalue weighted by atomic mass is 16.5. The van der Waals surface area contributed by atoms with Gasteiger partial charge in [-0.15, -0.1) is 0 Å². The van der Waals surface area contributed by atoms with Gasteiger partial charge in [0.25, 0.3) is 0 Å². The number of hydrogen-bond donors (Lipinski definition) is 0. The standard InChI is InChI=1S/C15H28O3/c1-3-5-8-13(4-2)15(16)18-12-7-10-14-9-6-11-17-14/h13-14H,3-12H2,1-2H3. The average molecular weight is 256 g/mol. The summed E-state index contributed by atoms with van der Waals surface area (Å²) in [6.07, 6.45) is 8.83. The lowest BCUT2D eigenvalue weighted by Gasteiger charge is -2.14. The van der Waals surface area contributed by atoms with Gasteiger partial charge in [0.15, 0.2) is 0 Å². The van der Waals surface area contributed by atoms with E-state index in [0.29, 0.717) is 12.7 Å². The molecule has 1 aliphatic rings. The number of rotatable bonds is 9. The van der Waals surface area contributed by atoms with Crippen LogP contribution in [-0.4, -0.2) is 25.3 Å². The third-order valence-electron chi connectivity index (χ3n) is 3.67. The summed E-state index contributed by atoms with van der Waals surface area (Å²) in [4.78, 5) is 11.8. The van der Waals surface area contributed by atoms with Crippen molar-refractivity contribution < 1.29 is 14.3 Å². The molecule has 1 fully saturated rings. The molecule has 1 saturated heterocycles. The summed E-state index contributed by atoms with van der Waals surface area (Å²) < 4.78 is 10.9. The molecular formula is C15H28O3. The highest BCUT2D eigenvalue weighted by molar-refractivity contribution is 5.72. The van der Waals surface area contributed by atoms with Crippen LogP contribution < -0.4 is 0 Å². The van der Waals surface area contributed by atoms with Gasteiger partial charge in [-0.25, -0.2) is 0 Å². The third kappa shape index (κ3) is 5.85. The van der Waals surface area contributed by atoms with Gasteiger partial charge in [0.1, 0.15) is 0 Å². The summed E-state index contributed by atoms with van der Waals surface area (Å²) in [5, 5.41) is 0. The van der Waals surface area contributed by atoms with E-state index >= 15 is 0 Å². The van der Waals surface area contributed by atoms with Crippen LogP contribution in [-0.2, 0) is 14.3 Å². The van der Waals surface area contributed by atoms with E-state index in [1.54, 1.807) is 0 Å². The predicted octanol–water partition coefficient (Wildman–Crippen LogP) is 3.71. The fourth-order valence-electron chi connectivity index (χ4n) is 2.41. The maximum absolute atomic E-state index is 11.8. The molecular weight excluding hydrogens is 228 g/mol. The Morgan fingerprint density at radius 3 is 2.83 bits per heavy atom. The number of unbranched alkanes of at least 4 members (excludes halogenated alkanes) is 1. The Balaban J connectivity index is 2.06. The van der Waals surface area contributed by atoms with Gasteiger partial charge in [-0.1, -0.05) is 26.7 Å². The minimum Gasteiger partial charge on any atom is -0.465 e. The van der Waals surface area contributed by atoms with E-state index < -0.39 is 0 Å². The lowest BCUT2D eigenvalue weighted by atomic mass is 10.00. The molecule has 2 atom stereocenters. The molecule has 0 aliphatic carbocycles. The van der Waals surface area contributed by atoms with Gasteiger partial charge >= 0.3 is 5.97 Å². The van der Waals surface area contributed by atoms with Crippen LogP contribution in [0.1, 0.15) is 65.2 Å².